The summed E-state index contributed by atoms with van der Waals surface area (Å²) in [6.07, 6.45) is 0. The Morgan fingerprint density at radius 1 is 1.14 bits per heavy atom. The zero-order chi connectivity index (χ0) is 10.6. The number of carbonyl (C=O) groups excluding carboxylic acids is 1. The molecule has 0 fully saturated rings. The van der Waals surface area contributed by atoms with E-state index in [9.17, 15) is 4.79 Å². The van der Waals surface area contributed by atoms with Crippen LogP contribution in [0.1, 0.15) is 10.4 Å². The molecule has 7 N–H and O–H groups in total. The van der Waals surface area contributed by atoms with Gasteiger partial charge in [0.15, 0.2) is 0 Å². The van der Waals surface area contributed by atoms with Gasteiger partial charge in [0.05, 0.1) is 5.69 Å². The Balaban J connectivity index is 2.74. The molecule has 0 saturated heterocycles. The van der Waals surface area contributed by atoms with Gasteiger partial charge < -0.3 is 17.2 Å². The molecule has 6 heteroatoms. The van der Waals surface area contributed by atoms with Crippen LogP contribution >= 0.6 is 0 Å². The van der Waals surface area contributed by atoms with Crippen molar-refractivity contribution < 1.29 is 4.79 Å². The van der Waals surface area contributed by atoms with Crippen molar-refractivity contribution in [3.8, 4) is 0 Å². The molecule has 0 aromatic heterocycles. The van der Waals surface area contributed by atoms with Gasteiger partial charge in [0.2, 0.25) is 11.9 Å². The van der Waals surface area contributed by atoms with Gasteiger partial charge in [-0.25, -0.2) is 0 Å². The fourth-order valence-corrected chi connectivity index (χ4v) is 0.838. The number of rotatable bonds is 3. The fraction of sp³-hybridized carbons (Fsp3) is 0. The average molecular weight is 193 g/mol. The van der Waals surface area contributed by atoms with Gasteiger partial charge in [-0.15, -0.1) is 5.10 Å². The lowest BCUT2D eigenvalue weighted by atomic mass is 10.2. The van der Waals surface area contributed by atoms with Crippen molar-refractivity contribution in [1.82, 2.24) is 0 Å². The number of amides is 1. The number of guanidine groups is 1. The summed E-state index contributed by atoms with van der Waals surface area (Å²) < 4.78 is 0. The Bertz CT molecular complexity index is 352. The number of nitrogens with two attached hydrogens (primary N) is 3. The van der Waals surface area contributed by atoms with Crippen molar-refractivity contribution in [1.29, 1.82) is 0 Å². The normalized spacial score (nSPS) is 9.14. The lowest BCUT2D eigenvalue weighted by Gasteiger charge is -2.00. The SMILES string of the molecule is NC(=O)c1ccc(NN=C(N)N)cc1. The van der Waals surface area contributed by atoms with Crippen LogP contribution in [0.5, 0.6) is 0 Å². The minimum absolute atomic E-state index is 0.0658. The van der Waals surface area contributed by atoms with Crippen molar-refractivity contribution in [3.05, 3.63) is 29.8 Å². The number of hydrogen-bond donors (Lipinski definition) is 4. The van der Waals surface area contributed by atoms with E-state index in [1.165, 1.54) is 0 Å². The molecule has 0 unspecified atom stereocenters. The molecular weight excluding hydrogens is 182 g/mol. The van der Waals surface area contributed by atoms with Crippen molar-refractivity contribution in [2.75, 3.05) is 5.43 Å². The number of benzene rings is 1. The Morgan fingerprint density at radius 2 is 1.71 bits per heavy atom. The number of hydrogen-bond acceptors (Lipinski definition) is 3. The fourth-order valence-electron chi connectivity index (χ4n) is 0.838. The zero-order valence-electron chi connectivity index (χ0n) is 7.40. The first-order valence-electron chi connectivity index (χ1n) is 3.84. The number of nitrogens with one attached hydrogen (secondary N) is 1. The van der Waals surface area contributed by atoms with Crippen molar-refractivity contribution >= 4 is 17.6 Å². The summed E-state index contributed by atoms with van der Waals surface area (Å²) in [5.74, 6) is -0.539. The van der Waals surface area contributed by atoms with Crippen LogP contribution in [0.3, 0.4) is 0 Å². The van der Waals surface area contributed by atoms with Crippen LogP contribution in [-0.2, 0) is 0 Å². The molecule has 0 atom stereocenters. The Labute approximate surface area is 80.8 Å². The number of nitrogens with zero attached hydrogens (tertiary/aromatic N) is 1. The van der Waals surface area contributed by atoms with Gasteiger partial charge in [-0.1, -0.05) is 0 Å². The van der Waals surface area contributed by atoms with Crippen LogP contribution in [0.2, 0.25) is 0 Å². The van der Waals surface area contributed by atoms with E-state index in [2.05, 4.69) is 10.5 Å². The molecule has 1 aromatic carbocycles. The highest BCUT2D eigenvalue weighted by atomic mass is 16.1. The van der Waals surface area contributed by atoms with Gasteiger partial charge in [0.25, 0.3) is 0 Å². The number of hydrazone groups is 1. The molecule has 0 heterocycles. The summed E-state index contributed by atoms with van der Waals surface area (Å²) in [7, 11) is 0. The molecule has 0 aliphatic carbocycles. The second-order valence-electron chi connectivity index (χ2n) is 2.59. The first-order chi connectivity index (χ1) is 6.59. The third-order valence-electron chi connectivity index (χ3n) is 1.48. The van der Waals surface area contributed by atoms with E-state index in [0.29, 0.717) is 11.3 Å². The van der Waals surface area contributed by atoms with Crippen LogP contribution in [0.4, 0.5) is 5.69 Å². The van der Waals surface area contributed by atoms with Crippen molar-refractivity contribution in [3.63, 3.8) is 0 Å². The second-order valence-corrected chi connectivity index (χ2v) is 2.59. The van der Waals surface area contributed by atoms with E-state index in [0.717, 1.165) is 0 Å². The zero-order valence-corrected chi connectivity index (χ0v) is 7.40. The molecule has 0 bridgehead atoms. The highest BCUT2D eigenvalue weighted by molar-refractivity contribution is 5.93. The second kappa shape index (κ2) is 4.13. The van der Waals surface area contributed by atoms with Crippen LogP contribution in [0.15, 0.2) is 29.4 Å². The summed E-state index contributed by atoms with van der Waals surface area (Å²) in [6.45, 7) is 0. The maximum Gasteiger partial charge on any atom is 0.248 e. The standard InChI is InChI=1S/C8H11N5O/c9-7(14)5-1-3-6(4-2-5)12-13-8(10)11/h1-4,12H,(H2,9,14)(H4,10,11,13). The summed E-state index contributed by atoms with van der Waals surface area (Å²) in [5, 5.41) is 3.58. The molecule has 1 aromatic rings. The highest BCUT2D eigenvalue weighted by Crippen LogP contribution is 2.08. The van der Waals surface area contributed by atoms with Gasteiger partial charge in [0.1, 0.15) is 0 Å². The number of anilines is 1. The lowest BCUT2D eigenvalue weighted by Crippen LogP contribution is -2.23. The molecule has 1 amide bonds. The summed E-state index contributed by atoms with van der Waals surface area (Å²) in [6, 6.07) is 6.44. The molecule has 0 saturated carbocycles. The highest BCUT2D eigenvalue weighted by Gasteiger charge is 1.98. The smallest absolute Gasteiger partial charge is 0.248 e. The quantitative estimate of drug-likeness (QED) is 0.290. The summed E-state index contributed by atoms with van der Waals surface area (Å²) in [4.78, 5) is 10.7. The van der Waals surface area contributed by atoms with Crippen molar-refractivity contribution in [2.45, 2.75) is 0 Å². The van der Waals surface area contributed by atoms with Crippen LogP contribution in [0, 0.1) is 0 Å². The molecule has 6 nitrogen and oxygen atoms in total. The van der Waals surface area contributed by atoms with E-state index < -0.39 is 5.91 Å². The van der Waals surface area contributed by atoms with E-state index in [-0.39, 0.29) is 5.96 Å². The van der Waals surface area contributed by atoms with Gasteiger partial charge >= 0.3 is 0 Å². The molecule has 0 spiro atoms. The van der Waals surface area contributed by atoms with Gasteiger partial charge in [0, 0.05) is 5.56 Å². The van der Waals surface area contributed by atoms with E-state index in [1.807, 2.05) is 0 Å². The molecule has 0 aliphatic rings. The van der Waals surface area contributed by atoms with E-state index in [4.69, 9.17) is 17.2 Å². The topological polar surface area (TPSA) is 120 Å². The Kier molecular flexibility index (Phi) is 2.90. The number of primary amides is 1. The molecule has 0 aliphatic heterocycles. The van der Waals surface area contributed by atoms with Gasteiger partial charge in [-0.05, 0) is 24.3 Å². The van der Waals surface area contributed by atoms with E-state index in [1.54, 1.807) is 24.3 Å². The summed E-state index contributed by atoms with van der Waals surface area (Å²) in [5.41, 5.74) is 19.0. The Hall–Kier alpha value is -2.24. The first kappa shape index (κ1) is 9.85. The first-order valence-corrected chi connectivity index (χ1v) is 3.84. The minimum Gasteiger partial charge on any atom is -0.369 e. The monoisotopic (exact) mass is 193 g/mol. The maximum atomic E-state index is 10.7. The van der Waals surface area contributed by atoms with Crippen LogP contribution in [0.25, 0.3) is 0 Å². The lowest BCUT2D eigenvalue weighted by molar-refractivity contribution is 0.100. The van der Waals surface area contributed by atoms with Crippen LogP contribution in [-0.4, -0.2) is 11.9 Å². The molecular formula is C8H11N5O. The van der Waals surface area contributed by atoms with Crippen molar-refractivity contribution in [2.24, 2.45) is 22.3 Å². The average Bonchev–Trinajstić information content (AvgIpc) is 2.15. The molecule has 74 valence electrons. The summed E-state index contributed by atoms with van der Waals surface area (Å²) >= 11 is 0. The predicted octanol–water partition coefficient (Wildman–Crippen LogP) is -0.614. The number of carbonyl (C=O) groups is 1. The molecule has 14 heavy (non-hydrogen) atoms. The van der Waals surface area contributed by atoms with E-state index >= 15 is 0 Å². The molecule has 1 rings (SSSR count). The molecule has 0 radical (unpaired) electrons. The van der Waals surface area contributed by atoms with Crippen LogP contribution < -0.4 is 22.6 Å². The van der Waals surface area contributed by atoms with Gasteiger partial charge in [-0.3, -0.25) is 10.2 Å². The minimum atomic E-state index is -0.474. The third-order valence-corrected chi connectivity index (χ3v) is 1.48. The maximum absolute atomic E-state index is 10.7. The predicted molar refractivity (Wildman–Crippen MR) is 54.4 cm³/mol. The third kappa shape index (κ3) is 2.67. The van der Waals surface area contributed by atoms with Gasteiger partial charge in [-0.2, -0.15) is 0 Å². The Morgan fingerprint density at radius 3 is 2.14 bits per heavy atom. The largest absolute Gasteiger partial charge is 0.369 e.